The van der Waals surface area contributed by atoms with Crippen LogP contribution in [-0.2, 0) is 4.79 Å². The molecule has 0 bridgehead atoms. The molecule has 1 fully saturated rings. The molecule has 1 aliphatic heterocycles. The number of nitrogens with zero attached hydrogens (tertiary/aromatic N) is 1. The fraction of sp³-hybridized carbons (Fsp3) is 0.429. The lowest BCUT2D eigenvalue weighted by molar-refractivity contribution is -0.142. The minimum absolute atomic E-state index is 0.350. The molecule has 2 amide bonds. The molecule has 0 radical (unpaired) electrons. The van der Waals surface area contributed by atoms with Crippen molar-refractivity contribution in [3.8, 4) is 0 Å². The molecule has 6 heteroatoms. The van der Waals surface area contributed by atoms with E-state index in [2.05, 4.69) is 21.2 Å². The summed E-state index contributed by atoms with van der Waals surface area (Å²) in [6, 6.07) is 6.15. The van der Waals surface area contributed by atoms with Gasteiger partial charge in [0.15, 0.2) is 0 Å². The van der Waals surface area contributed by atoms with E-state index in [0.29, 0.717) is 18.7 Å². The summed E-state index contributed by atoms with van der Waals surface area (Å²) in [7, 11) is 0. The van der Waals surface area contributed by atoms with Gasteiger partial charge in [-0.15, -0.1) is 0 Å². The van der Waals surface area contributed by atoms with Gasteiger partial charge in [-0.05, 0) is 31.0 Å². The number of hydrogen-bond acceptors (Lipinski definition) is 2. The second-order valence-electron chi connectivity index (χ2n) is 4.84. The molecule has 0 saturated carbocycles. The van der Waals surface area contributed by atoms with E-state index in [4.69, 9.17) is 0 Å². The Morgan fingerprint density at radius 1 is 1.30 bits per heavy atom. The third kappa shape index (κ3) is 3.72. The summed E-state index contributed by atoms with van der Waals surface area (Å²) in [5.74, 6) is -0.934. The van der Waals surface area contributed by atoms with Gasteiger partial charge in [-0.2, -0.15) is 0 Å². The minimum Gasteiger partial charge on any atom is -0.480 e. The highest BCUT2D eigenvalue weighted by Gasteiger charge is 2.30. The number of carboxylic acids is 1. The van der Waals surface area contributed by atoms with Crippen LogP contribution in [0.25, 0.3) is 0 Å². The number of halogens is 1. The zero-order chi connectivity index (χ0) is 14.5. The molecule has 2 N–H and O–H groups in total. The maximum absolute atomic E-state index is 12.3. The molecule has 0 aliphatic carbocycles. The van der Waals surface area contributed by atoms with Gasteiger partial charge in [0.05, 0.1) is 0 Å². The molecule has 20 heavy (non-hydrogen) atoms. The number of hydrogen-bond donors (Lipinski definition) is 2. The number of likely N-dealkylation sites (tertiary alicyclic amines) is 1. The Hall–Kier alpha value is -1.56. The summed E-state index contributed by atoms with van der Waals surface area (Å²) in [4.78, 5) is 25.0. The van der Waals surface area contributed by atoms with Crippen LogP contribution >= 0.6 is 15.9 Å². The summed E-state index contributed by atoms with van der Waals surface area (Å²) < 4.78 is 0.862. The first kappa shape index (κ1) is 14.8. The third-order valence-corrected chi connectivity index (χ3v) is 3.87. The molecule has 108 valence electrons. The average molecular weight is 341 g/mol. The van der Waals surface area contributed by atoms with Crippen LogP contribution in [0.15, 0.2) is 28.7 Å². The number of anilines is 1. The summed E-state index contributed by atoms with van der Waals surface area (Å²) in [5.41, 5.74) is 0.651. The van der Waals surface area contributed by atoms with E-state index in [9.17, 15) is 14.7 Å². The first-order chi connectivity index (χ1) is 9.58. The van der Waals surface area contributed by atoms with Gasteiger partial charge in [-0.1, -0.05) is 34.8 Å². The number of rotatable bonds is 2. The van der Waals surface area contributed by atoms with Crippen molar-refractivity contribution < 1.29 is 14.7 Å². The maximum atomic E-state index is 12.3. The number of carboxylic acid groups (broad SMARTS) is 1. The number of nitrogens with one attached hydrogen (secondary N) is 1. The van der Waals surface area contributed by atoms with Crippen LogP contribution in [-0.4, -0.2) is 34.6 Å². The molecule has 1 aliphatic rings. The lowest BCUT2D eigenvalue weighted by Gasteiger charge is -2.27. The van der Waals surface area contributed by atoms with Crippen molar-refractivity contribution >= 4 is 33.6 Å². The van der Waals surface area contributed by atoms with Crippen LogP contribution in [0.2, 0.25) is 0 Å². The number of urea groups is 1. The number of benzene rings is 1. The van der Waals surface area contributed by atoms with Crippen molar-refractivity contribution in [3.05, 3.63) is 28.7 Å². The Bertz CT molecular complexity index is 507. The SMILES string of the molecule is O=C(O)C1CCCCCN1C(=O)Nc1cccc(Br)c1. The Morgan fingerprint density at radius 2 is 2.10 bits per heavy atom. The highest BCUT2D eigenvalue weighted by atomic mass is 79.9. The van der Waals surface area contributed by atoms with E-state index in [1.165, 1.54) is 4.90 Å². The second-order valence-corrected chi connectivity index (χ2v) is 5.75. The Balaban J connectivity index is 2.10. The van der Waals surface area contributed by atoms with Crippen LogP contribution in [0.3, 0.4) is 0 Å². The molecule has 0 aromatic heterocycles. The largest absolute Gasteiger partial charge is 0.480 e. The van der Waals surface area contributed by atoms with E-state index in [1.54, 1.807) is 12.1 Å². The molecule has 1 saturated heterocycles. The molecule has 5 nitrogen and oxygen atoms in total. The van der Waals surface area contributed by atoms with Crippen molar-refractivity contribution in [1.29, 1.82) is 0 Å². The number of amides is 2. The fourth-order valence-electron chi connectivity index (χ4n) is 2.37. The quantitative estimate of drug-likeness (QED) is 0.867. The zero-order valence-corrected chi connectivity index (χ0v) is 12.6. The highest BCUT2D eigenvalue weighted by Crippen LogP contribution is 2.20. The standard InChI is InChI=1S/C14H17BrN2O3/c15-10-5-4-6-11(9-10)16-14(20)17-8-3-1-2-7-12(17)13(18)19/h4-6,9,12H,1-3,7-8H2,(H,16,20)(H,18,19). The Kier molecular flexibility index (Phi) is 5.00. The van der Waals surface area contributed by atoms with Crippen molar-refractivity contribution in [1.82, 2.24) is 4.90 Å². The molecular formula is C14H17BrN2O3. The predicted molar refractivity (Wildman–Crippen MR) is 79.8 cm³/mol. The molecule has 1 aromatic rings. The Labute approximate surface area is 126 Å². The highest BCUT2D eigenvalue weighted by molar-refractivity contribution is 9.10. The lowest BCUT2D eigenvalue weighted by atomic mass is 10.1. The molecule has 1 heterocycles. The fourth-order valence-corrected chi connectivity index (χ4v) is 2.77. The smallest absolute Gasteiger partial charge is 0.326 e. The Morgan fingerprint density at radius 3 is 2.80 bits per heavy atom. The van der Waals surface area contributed by atoms with Gasteiger partial charge in [-0.25, -0.2) is 9.59 Å². The molecule has 1 atom stereocenters. The number of aliphatic carboxylic acids is 1. The molecule has 0 spiro atoms. The van der Waals surface area contributed by atoms with Crippen molar-refractivity contribution in [2.24, 2.45) is 0 Å². The zero-order valence-electron chi connectivity index (χ0n) is 11.0. The normalized spacial score (nSPS) is 19.2. The minimum atomic E-state index is -0.934. The summed E-state index contributed by atoms with van der Waals surface area (Å²) in [6.45, 7) is 0.483. The first-order valence-corrected chi connectivity index (χ1v) is 7.43. The van der Waals surface area contributed by atoms with Crippen LogP contribution in [0, 0.1) is 0 Å². The van der Waals surface area contributed by atoms with Gasteiger partial charge >= 0.3 is 12.0 Å². The summed E-state index contributed by atoms with van der Waals surface area (Å²) in [6.07, 6.45) is 3.17. The third-order valence-electron chi connectivity index (χ3n) is 3.37. The molecule has 1 aromatic carbocycles. The summed E-state index contributed by atoms with van der Waals surface area (Å²) >= 11 is 3.34. The van der Waals surface area contributed by atoms with Crippen LogP contribution in [0.5, 0.6) is 0 Å². The average Bonchev–Trinajstić information content (AvgIpc) is 2.64. The van der Waals surface area contributed by atoms with Gasteiger partial charge in [0.2, 0.25) is 0 Å². The van der Waals surface area contributed by atoms with E-state index < -0.39 is 12.0 Å². The van der Waals surface area contributed by atoms with Crippen LogP contribution < -0.4 is 5.32 Å². The molecular weight excluding hydrogens is 324 g/mol. The lowest BCUT2D eigenvalue weighted by Crippen LogP contribution is -2.46. The van der Waals surface area contributed by atoms with E-state index in [-0.39, 0.29) is 6.03 Å². The maximum Gasteiger partial charge on any atom is 0.326 e. The molecule has 2 rings (SSSR count). The van der Waals surface area contributed by atoms with Gasteiger partial charge in [-0.3, -0.25) is 0 Å². The summed E-state index contributed by atoms with van der Waals surface area (Å²) in [5, 5.41) is 12.0. The van der Waals surface area contributed by atoms with Crippen molar-refractivity contribution in [2.45, 2.75) is 31.7 Å². The monoisotopic (exact) mass is 340 g/mol. The molecule has 1 unspecified atom stereocenters. The van der Waals surface area contributed by atoms with Crippen LogP contribution in [0.1, 0.15) is 25.7 Å². The van der Waals surface area contributed by atoms with E-state index in [0.717, 1.165) is 23.7 Å². The van der Waals surface area contributed by atoms with Gasteiger partial charge < -0.3 is 15.3 Å². The van der Waals surface area contributed by atoms with Gasteiger partial charge in [0.1, 0.15) is 6.04 Å². The van der Waals surface area contributed by atoms with Gasteiger partial charge in [0.25, 0.3) is 0 Å². The second kappa shape index (κ2) is 6.74. The van der Waals surface area contributed by atoms with Gasteiger partial charge in [0, 0.05) is 16.7 Å². The van der Waals surface area contributed by atoms with Crippen molar-refractivity contribution in [3.63, 3.8) is 0 Å². The number of carbonyl (C=O) groups is 2. The van der Waals surface area contributed by atoms with Crippen molar-refractivity contribution in [2.75, 3.05) is 11.9 Å². The first-order valence-electron chi connectivity index (χ1n) is 6.64. The van der Waals surface area contributed by atoms with Crippen LogP contribution in [0.4, 0.5) is 10.5 Å². The topological polar surface area (TPSA) is 69.6 Å². The number of carbonyl (C=O) groups excluding carboxylic acids is 1. The van der Waals surface area contributed by atoms with E-state index in [1.807, 2.05) is 12.1 Å². The van der Waals surface area contributed by atoms with E-state index >= 15 is 0 Å². The predicted octanol–water partition coefficient (Wildman–Crippen LogP) is 3.31.